The maximum absolute atomic E-state index is 12.6. The summed E-state index contributed by atoms with van der Waals surface area (Å²) in [7, 11) is 0. The standard InChI is InChI=1S/C13H12F3NO3/c1-2-17-9-4-3-8(13(14,15)16)5-7(9)6-10(17)11(18)12(19)20/h3-6,11,18H,2H2,1H3,(H,19,20). The summed E-state index contributed by atoms with van der Waals surface area (Å²) < 4.78 is 39.4. The smallest absolute Gasteiger partial charge is 0.416 e. The van der Waals surface area contributed by atoms with E-state index in [1.165, 1.54) is 16.7 Å². The Labute approximate surface area is 112 Å². The van der Waals surface area contributed by atoms with Gasteiger partial charge in [0, 0.05) is 17.4 Å². The average Bonchev–Trinajstić information content (AvgIpc) is 2.73. The van der Waals surface area contributed by atoms with Gasteiger partial charge in [-0.1, -0.05) is 0 Å². The Balaban J connectivity index is 2.65. The second-order valence-electron chi connectivity index (χ2n) is 4.33. The lowest BCUT2D eigenvalue weighted by Crippen LogP contribution is -2.14. The van der Waals surface area contributed by atoms with Crippen LogP contribution in [0.4, 0.5) is 13.2 Å². The van der Waals surface area contributed by atoms with Crippen LogP contribution in [0.15, 0.2) is 24.3 Å². The van der Waals surface area contributed by atoms with Gasteiger partial charge in [0.15, 0.2) is 6.10 Å². The molecule has 1 unspecified atom stereocenters. The van der Waals surface area contributed by atoms with Gasteiger partial charge in [-0.15, -0.1) is 0 Å². The Morgan fingerprint density at radius 2 is 2.00 bits per heavy atom. The number of benzene rings is 1. The second-order valence-corrected chi connectivity index (χ2v) is 4.33. The molecule has 7 heteroatoms. The molecule has 2 rings (SSSR count). The molecule has 0 saturated heterocycles. The maximum Gasteiger partial charge on any atom is 0.416 e. The Morgan fingerprint density at radius 1 is 1.35 bits per heavy atom. The third kappa shape index (κ3) is 2.36. The summed E-state index contributed by atoms with van der Waals surface area (Å²) in [6, 6.07) is 4.43. The predicted octanol–water partition coefficient (Wildman–Crippen LogP) is 2.80. The van der Waals surface area contributed by atoms with E-state index >= 15 is 0 Å². The topological polar surface area (TPSA) is 62.5 Å². The van der Waals surface area contributed by atoms with Gasteiger partial charge in [0.25, 0.3) is 0 Å². The molecule has 2 N–H and O–H groups in total. The molecule has 0 aliphatic rings. The first-order chi connectivity index (χ1) is 9.25. The number of carboxylic acid groups (broad SMARTS) is 1. The van der Waals surface area contributed by atoms with Crippen molar-refractivity contribution in [2.24, 2.45) is 0 Å². The second kappa shape index (κ2) is 4.82. The molecule has 0 amide bonds. The van der Waals surface area contributed by atoms with E-state index in [1.807, 2.05) is 0 Å². The van der Waals surface area contributed by atoms with Gasteiger partial charge < -0.3 is 14.8 Å². The van der Waals surface area contributed by atoms with Gasteiger partial charge >= 0.3 is 12.1 Å². The lowest BCUT2D eigenvalue weighted by Gasteiger charge is -2.10. The molecule has 0 fully saturated rings. The van der Waals surface area contributed by atoms with Crippen LogP contribution in [-0.4, -0.2) is 20.7 Å². The van der Waals surface area contributed by atoms with Crippen LogP contribution < -0.4 is 0 Å². The SMILES string of the molecule is CCn1c(C(O)C(=O)O)cc2cc(C(F)(F)F)ccc21. The lowest BCUT2D eigenvalue weighted by atomic mass is 10.1. The van der Waals surface area contributed by atoms with Crippen LogP contribution in [0, 0.1) is 0 Å². The average molecular weight is 287 g/mol. The van der Waals surface area contributed by atoms with E-state index in [1.54, 1.807) is 6.92 Å². The van der Waals surface area contributed by atoms with Crippen molar-refractivity contribution in [3.05, 3.63) is 35.5 Å². The number of nitrogens with zero attached hydrogens (tertiary/aromatic N) is 1. The van der Waals surface area contributed by atoms with E-state index in [0.29, 0.717) is 12.1 Å². The third-order valence-electron chi connectivity index (χ3n) is 3.09. The molecule has 0 spiro atoms. The minimum absolute atomic E-state index is 0.0642. The van der Waals surface area contributed by atoms with Crippen LogP contribution in [0.1, 0.15) is 24.3 Å². The number of hydrogen-bond donors (Lipinski definition) is 2. The van der Waals surface area contributed by atoms with Crippen LogP contribution in [0.5, 0.6) is 0 Å². The Kier molecular flexibility index (Phi) is 3.47. The fourth-order valence-corrected chi connectivity index (χ4v) is 2.17. The zero-order valence-electron chi connectivity index (χ0n) is 10.5. The molecule has 1 aromatic heterocycles. The molecule has 0 bridgehead atoms. The van der Waals surface area contributed by atoms with E-state index in [9.17, 15) is 23.1 Å². The summed E-state index contributed by atoms with van der Waals surface area (Å²) in [5.74, 6) is -1.45. The first kappa shape index (κ1) is 14.4. The highest BCUT2D eigenvalue weighted by Gasteiger charge is 2.31. The molecular weight excluding hydrogens is 275 g/mol. The molecule has 20 heavy (non-hydrogen) atoms. The fourth-order valence-electron chi connectivity index (χ4n) is 2.17. The first-order valence-corrected chi connectivity index (χ1v) is 5.87. The number of aliphatic hydroxyl groups is 1. The largest absolute Gasteiger partial charge is 0.479 e. The zero-order valence-corrected chi connectivity index (χ0v) is 10.5. The van der Waals surface area contributed by atoms with Crippen molar-refractivity contribution >= 4 is 16.9 Å². The third-order valence-corrected chi connectivity index (χ3v) is 3.09. The molecule has 1 atom stereocenters. The number of alkyl halides is 3. The minimum atomic E-state index is -4.46. The summed E-state index contributed by atoms with van der Waals surface area (Å²) in [5.41, 5.74) is -0.292. The number of aryl methyl sites for hydroxylation is 1. The van der Waals surface area contributed by atoms with E-state index in [2.05, 4.69) is 0 Å². The highest BCUT2D eigenvalue weighted by atomic mass is 19.4. The van der Waals surface area contributed by atoms with Gasteiger partial charge in [0.1, 0.15) is 0 Å². The first-order valence-electron chi connectivity index (χ1n) is 5.87. The normalized spacial score (nSPS) is 13.7. The van der Waals surface area contributed by atoms with Crippen LogP contribution in [0.2, 0.25) is 0 Å². The van der Waals surface area contributed by atoms with Gasteiger partial charge in [-0.3, -0.25) is 0 Å². The number of aliphatic carboxylic acids is 1. The number of aromatic nitrogens is 1. The van der Waals surface area contributed by atoms with Crippen molar-refractivity contribution < 1.29 is 28.2 Å². The summed E-state index contributed by atoms with van der Waals surface area (Å²) in [6.45, 7) is 2.06. The molecular formula is C13H12F3NO3. The maximum atomic E-state index is 12.6. The summed E-state index contributed by atoms with van der Waals surface area (Å²) >= 11 is 0. The fraction of sp³-hybridized carbons (Fsp3) is 0.308. The highest BCUT2D eigenvalue weighted by Crippen LogP contribution is 2.33. The lowest BCUT2D eigenvalue weighted by molar-refractivity contribution is -0.147. The van der Waals surface area contributed by atoms with Crippen molar-refractivity contribution in [3.63, 3.8) is 0 Å². The highest BCUT2D eigenvalue weighted by molar-refractivity contribution is 5.85. The Bertz CT molecular complexity index is 661. The number of rotatable bonds is 3. The van der Waals surface area contributed by atoms with Crippen molar-refractivity contribution in [1.29, 1.82) is 0 Å². The van der Waals surface area contributed by atoms with Gasteiger partial charge in [-0.25, -0.2) is 4.79 Å². The Morgan fingerprint density at radius 3 is 2.50 bits per heavy atom. The number of carboxylic acids is 1. The quantitative estimate of drug-likeness (QED) is 0.912. The molecule has 108 valence electrons. The van der Waals surface area contributed by atoms with Crippen LogP contribution >= 0.6 is 0 Å². The number of hydrogen-bond acceptors (Lipinski definition) is 2. The van der Waals surface area contributed by atoms with Gasteiger partial charge in [-0.05, 0) is 31.2 Å². The molecule has 0 aliphatic heterocycles. The van der Waals surface area contributed by atoms with E-state index in [4.69, 9.17) is 5.11 Å². The van der Waals surface area contributed by atoms with E-state index in [0.717, 1.165) is 12.1 Å². The molecule has 2 aromatic rings. The number of aliphatic hydroxyl groups excluding tert-OH is 1. The molecule has 0 saturated carbocycles. The molecule has 1 heterocycles. The molecule has 4 nitrogen and oxygen atoms in total. The van der Waals surface area contributed by atoms with Crippen molar-refractivity contribution in [3.8, 4) is 0 Å². The molecule has 0 aliphatic carbocycles. The number of fused-ring (bicyclic) bond motifs is 1. The van der Waals surface area contributed by atoms with E-state index < -0.39 is 23.8 Å². The van der Waals surface area contributed by atoms with Crippen molar-refractivity contribution in [1.82, 2.24) is 4.57 Å². The number of halogens is 3. The van der Waals surface area contributed by atoms with Crippen LogP contribution in [0.3, 0.4) is 0 Å². The summed E-state index contributed by atoms with van der Waals surface area (Å²) in [5, 5.41) is 18.7. The minimum Gasteiger partial charge on any atom is -0.479 e. The number of carbonyl (C=O) groups is 1. The van der Waals surface area contributed by atoms with E-state index in [-0.39, 0.29) is 11.1 Å². The Hall–Kier alpha value is -2.02. The monoisotopic (exact) mass is 287 g/mol. The van der Waals surface area contributed by atoms with Crippen molar-refractivity contribution in [2.45, 2.75) is 25.7 Å². The van der Waals surface area contributed by atoms with Crippen LogP contribution in [-0.2, 0) is 17.5 Å². The van der Waals surface area contributed by atoms with Gasteiger partial charge in [-0.2, -0.15) is 13.2 Å². The molecule has 0 radical (unpaired) electrons. The van der Waals surface area contributed by atoms with Crippen LogP contribution in [0.25, 0.3) is 10.9 Å². The van der Waals surface area contributed by atoms with Crippen molar-refractivity contribution in [2.75, 3.05) is 0 Å². The zero-order chi connectivity index (χ0) is 15.1. The molecule has 1 aromatic carbocycles. The van der Waals surface area contributed by atoms with Gasteiger partial charge in [0.05, 0.1) is 11.3 Å². The van der Waals surface area contributed by atoms with Gasteiger partial charge in [0.2, 0.25) is 0 Å². The summed E-state index contributed by atoms with van der Waals surface area (Å²) in [6.07, 6.45) is -6.23. The summed E-state index contributed by atoms with van der Waals surface area (Å²) in [4.78, 5) is 10.8. The predicted molar refractivity (Wildman–Crippen MR) is 65.2 cm³/mol.